The molecule has 0 radical (unpaired) electrons. The maximum Gasteiger partial charge on any atom is 0.244 e. The third-order valence-corrected chi connectivity index (χ3v) is 11.5. The van der Waals surface area contributed by atoms with Crippen LogP contribution in [0.1, 0.15) is 56.9 Å². The van der Waals surface area contributed by atoms with Gasteiger partial charge in [0, 0.05) is 19.1 Å². The normalized spacial score (nSPS) is 40.4. The minimum Gasteiger partial charge on any atom is -0.354 e. The van der Waals surface area contributed by atoms with E-state index in [-0.39, 0.29) is 33.2 Å². The Morgan fingerprint density at radius 3 is 2.61 bits per heavy atom. The Balaban J connectivity index is 1.19. The Morgan fingerprint density at radius 2 is 1.90 bits per heavy atom. The van der Waals surface area contributed by atoms with E-state index in [2.05, 4.69) is 5.32 Å². The number of hydrogen-bond donors (Lipinski definition) is 1. The predicted octanol–water partition coefficient (Wildman–Crippen LogP) is 3.04. The van der Waals surface area contributed by atoms with Gasteiger partial charge in [-0.2, -0.15) is 9.57 Å². The van der Waals surface area contributed by atoms with Gasteiger partial charge in [-0.3, -0.25) is 4.79 Å². The van der Waals surface area contributed by atoms with Gasteiger partial charge in [0.15, 0.2) is 0 Å². The molecule has 1 amide bonds. The molecule has 31 heavy (non-hydrogen) atoms. The average Bonchev–Trinajstić information content (AvgIpc) is 3.30. The van der Waals surface area contributed by atoms with Crippen LogP contribution in [0.15, 0.2) is 29.2 Å². The van der Waals surface area contributed by atoms with E-state index in [4.69, 9.17) is 0 Å². The zero-order valence-corrected chi connectivity index (χ0v) is 18.5. The van der Waals surface area contributed by atoms with Crippen molar-refractivity contribution in [2.75, 3.05) is 13.1 Å². The van der Waals surface area contributed by atoms with Crippen LogP contribution in [0.4, 0.5) is 0 Å². The fraction of sp³-hybridized carbons (Fsp3) is 0.667. The molecule has 1 aliphatic heterocycles. The zero-order chi connectivity index (χ0) is 21.4. The maximum absolute atomic E-state index is 13.4. The van der Waals surface area contributed by atoms with Crippen LogP contribution in [0.25, 0.3) is 0 Å². The first kappa shape index (κ1) is 19.8. The number of nitriles is 1. The number of carbonyl (C=O) groups excluding carboxylic acids is 1. The number of hydrogen-bond acceptors (Lipinski definition) is 4. The summed E-state index contributed by atoms with van der Waals surface area (Å²) in [5.41, 5.74) is 0.289. The van der Waals surface area contributed by atoms with Gasteiger partial charge in [0.1, 0.15) is 6.07 Å². The summed E-state index contributed by atoms with van der Waals surface area (Å²) in [6.07, 6.45) is 8.44. The Morgan fingerprint density at radius 1 is 1.16 bits per heavy atom. The van der Waals surface area contributed by atoms with E-state index < -0.39 is 10.0 Å². The van der Waals surface area contributed by atoms with E-state index in [9.17, 15) is 18.5 Å². The summed E-state index contributed by atoms with van der Waals surface area (Å²) in [6, 6.07) is 8.14. The minimum atomic E-state index is -3.78. The molecule has 5 aliphatic rings. The highest BCUT2D eigenvalue weighted by Crippen LogP contribution is 2.86. The molecule has 1 heterocycles. The molecule has 4 unspecified atom stereocenters. The summed E-state index contributed by atoms with van der Waals surface area (Å²) < 4.78 is 28.3. The maximum atomic E-state index is 13.4. The summed E-state index contributed by atoms with van der Waals surface area (Å²) in [7, 11) is -3.78. The van der Waals surface area contributed by atoms with Gasteiger partial charge < -0.3 is 5.32 Å². The standard InChI is InChI=1S/C24H29N3O3S/c25-14-17-5-1-2-7-21(17)31(29,30)27-8-4-3-6-20(27)15-26-22(28)23-12-18-9-16-10-19(13-23)24(18,23)11-16/h1-2,5,7,16,18-20H,3-4,6,8-13,15H2,(H,26,28)/t16?,18-,19+,20?,23?,24?. The second-order valence-electron chi connectivity index (χ2n) is 10.5. The second-order valence-corrected chi connectivity index (χ2v) is 12.4. The predicted molar refractivity (Wildman–Crippen MR) is 114 cm³/mol. The third-order valence-electron chi connectivity index (χ3n) is 9.50. The smallest absolute Gasteiger partial charge is 0.244 e. The van der Waals surface area contributed by atoms with Gasteiger partial charge in [0.25, 0.3) is 0 Å². The minimum absolute atomic E-state index is 0.0693. The Kier molecular flexibility index (Phi) is 4.17. The van der Waals surface area contributed by atoms with Crippen molar-refractivity contribution >= 4 is 15.9 Å². The monoisotopic (exact) mass is 439 g/mol. The first-order chi connectivity index (χ1) is 14.9. The van der Waals surface area contributed by atoms with E-state index in [0.717, 1.165) is 49.9 Å². The van der Waals surface area contributed by atoms with Gasteiger partial charge in [0.05, 0.1) is 15.9 Å². The molecule has 4 saturated carbocycles. The third kappa shape index (κ3) is 2.41. The first-order valence-electron chi connectivity index (χ1n) is 11.7. The van der Waals surface area contributed by atoms with Crippen molar-refractivity contribution in [1.82, 2.24) is 9.62 Å². The fourth-order valence-electron chi connectivity index (χ4n) is 8.36. The van der Waals surface area contributed by atoms with E-state index in [1.807, 2.05) is 6.07 Å². The molecule has 1 aromatic rings. The van der Waals surface area contributed by atoms with Gasteiger partial charge in [-0.25, -0.2) is 8.42 Å². The fourth-order valence-corrected chi connectivity index (χ4v) is 10.2. The molecule has 1 saturated heterocycles. The van der Waals surface area contributed by atoms with Crippen LogP contribution in [0.5, 0.6) is 0 Å². The number of carbonyl (C=O) groups is 1. The molecule has 6 atom stereocenters. The molecule has 1 spiro atoms. The lowest BCUT2D eigenvalue weighted by molar-refractivity contribution is -0.249. The summed E-state index contributed by atoms with van der Waals surface area (Å²) in [5, 5.41) is 12.6. The quantitative estimate of drug-likeness (QED) is 0.764. The van der Waals surface area contributed by atoms with Crippen LogP contribution in [-0.4, -0.2) is 37.8 Å². The van der Waals surface area contributed by atoms with Gasteiger partial charge in [0.2, 0.25) is 15.9 Å². The number of fused-ring (bicyclic) bond motifs is 1. The van der Waals surface area contributed by atoms with Crippen LogP contribution in [0.2, 0.25) is 0 Å². The molecule has 1 aromatic carbocycles. The number of sulfonamides is 1. The lowest BCUT2D eigenvalue weighted by Crippen LogP contribution is -2.73. The van der Waals surface area contributed by atoms with Crippen LogP contribution in [-0.2, 0) is 14.8 Å². The summed E-state index contributed by atoms with van der Waals surface area (Å²) in [6.45, 7) is 0.799. The van der Waals surface area contributed by atoms with Gasteiger partial charge in [-0.1, -0.05) is 18.6 Å². The van der Waals surface area contributed by atoms with Crippen molar-refractivity contribution in [3.05, 3.63) is 29.8 Å². The SMILES string of the molecule is N#Cc1ccccc1S(=O)(=O)N1CCCCC1CNC(=O)C12C[C@H]3CC4C[C@@H](C1)C32C4. The van der Waals surface area contributed by atoms with Crippen molar-refractivity contribution in [1.29, 1.82) is 5.26 Å². The van der Waals surface area contributed by atoms with E-state index >= 15 is 0 Å². The summed E-state index contributed by atoms with van der Waals surface area (Å²) in [4.78, 5) is 13.4. The van der Waals surface area contributed by atoms with Crippen molar-refractivity contribution < 1.29 is 13.2 Å². The highest BCUT2D eigenvalue weighted by Gasteiger charge is 2.83. The molecule has 2 bridgehead atoms. The molecule has 6 rings (SSSR count). The molecule has 0 aromatic heterocycles. The van der Waals surface area contributed by atoms with Crippen LogP contribution in [0, 0.1) is 39.9 Å². The highest BCUT2D eigenvalue weighted by atomic mass is 32.2. The lowest BCUT2D eigenvalue weighted by Gasteiger charge is -2.73. The van der Waals surface area contributed by atoms with Gasteiger partial charge >= 0.3 is 0 Å². The largest absolute Gasteiger partial charge is 0.354 e. The Hall–Kier alpha value is -1.91. The molecular weight excluding hydrogens is 410 g/mol. The Bertz CT molecular complexity index is 1080. The summed E-state index contributed by atoms with van der Waals surface area (Å²) >= 11 is 0. The number of nitrogens with zero attached hydrogens (tertiary/aromatic N) is 2. The molecule has 1 N–H and O–H groups in total. The van der Waals surface area contributed by atoms with Crippen molar-refractivity contribution in [3.8, 4) is 6.07 Å². The van der Waals surface area contributed by atoms with Gasteiger partial charge in [-0.05, 0) is 80.2 Å². The van der Waals surface area contributed by atoms with Crippen molar-refractivity contribution in [3.63, 3.8) is 0 Å². The molecule has 6 nitrogen and oxygen atoms in total. The molecule has 5 fully saturated rings. The van der Waals surface area contributed by atoms with Crippen LogP contribution >= 0.6 is 0 Å². The van der Waals surface area contributed by atoms with E-state index in [1.165, 1.54) is 29.6 Å². The number of piperidine rings is 1. The first-order valence-corrected chi connectivity index (χ1v) is 13.2. The number of benzene rings is 1. The van der Waals surface area contributed by atoms with E-state index in [1.54, 1.807) is 18.2 Å². The summed E-state index contributed by atoms with van der Waals surface area (Å²) in [5.74, 6) is 2.52. The van der Waals surface area contributed by atoms with Crippen LogP contribution in [0.3, 0.4) is 0 Å². The molecule has 7 heteroatoms. The number of nitrogens with one attached hydrogen (secondary N) is 1. The van der Waals surface area contributed by atoms with Crippen molar-refractivity contribution in [2.24, 2.45) is 28.6 Å². The zero-order valence-electron chi connectivity index (χ0n) is 17.7. The Labute approximate surface area is 184 Å². The topological polar surface area (TPSA) is 90.3 Å². The highest BCUT2D eigenvalue weighted by molar-refractivity contribution is 7.89. The van der Waals surface area contributed by atoms with E-state index in [0.29, 0.717) is 13.1 Å². The molecular formula is C24H29N3O3S. The molecule has 164 valence electrons. The lowest BCUT2D eigenvalue weighted by atomic mass is 9.30. The second kappa shape index (κ2) is 6.55. The van der Waals surface area contributed by atoms with Crippen molar-refractivity contribution in [2.45, 2.75) is 62.3 Å². The molecule has 4 aliphatic carbocycles. The number of rotatable bonds is 5. The van der Waals surface area contributed by atoms with Gasteiger partial charge in [-0.15, -0.1) is 0 Å². The number of amides is 1. The average molecular weight is 440 g/mol. The van der Waals surface area contributed by atoms with Crippen LogP contribution < -0.4 is 5.32 Å².